The number of ether oxygens (including phenoxy) is 1. The Bertz CT molecular complexity index is 479. The molecule has 4 nitrogen and oxygen atoms in total. The summed E-state index contributed by atoms with van der Waals surface area (Å²) in [6.45, 7) is 0.580. The number of hydrogen-bond donors (Lipinski definition) is 0. The number of hydroxylamine groups is 2. The molecule has 1 heterocycles. The molecular formula is C14H16F3NO3. The molecular weight excluding hydrogens is 287 g/mol. The highest BCUT2D eigenvalue weighted by Crippen LogP contribution is 2.30. The molecule has 1 saturated heterocycles. The van der Waals surface area contributed by atoms with Gasteiger partial charge in [0, 0.05) is 13.1 Å². The summed E-state index contributed by atoms with van der Waals surface area (Å²) in [6, 6.07) is 7.60. The molecule has 1 aromatic carbocycles. The van der Waals surface area contributed by atoms with Crippen LogP contribution in [-0.2, 0) is 9.63 Å². The van der Waals surface area contributed by atoms with Crippen LogP contribution >= 0.6 is 0 Å². The maximum absolute atomic E-state index is 12.1. The van der Waals surface area contributed by atoms with Crippen molar-refractivity contribution in [3.63, 3.8) is 0 Å². The number of piperidine rings is 1. The van der Waals surface area contributed by atoms with E-state index in [0.717, 1.165) is 16.4 Å². The van der Waals surface area contributed by atoms with Gasteiger partial charge in [-0.2, -0.15) is 13.2 Å². The fraction of sp³-hybridized carbons (Fsp3) is 0.500. The number of hydrogen-bond acceptors (Lipinski definition) is 4. The lowest BCUT2D eigenvalue weighted by Crippen LogP contribution is -2.39. The quantitative estimate of drug-likeness (QED) is 0.860. The topological polar surface area (TPSA) is 38.8 Å². The molecule has 0 spiro atoms. The van der Waals surface area contributed by atoms with E-state index in [9.17, 15) is 18.0 Å². The third-order valence-corrected chi connectivity index (χ3v) is 3.48. The fourth-order valence-electron chi connectivity index (χ4n) is 2.33. The zero-order chi connectivity index (χ0) is 15.5. The molecule has 0 radical (unpaired) electrons. The molecule has 1 fully saturated rings. The largest absolute Gasteiger partial charge is 0.497 e. The molecule has 0 aliphatic carbocycles. The van der Waals surface area contributed by atoms with Crippen LogP contribution in [0.3, 0.4) is 0 Å². The van der Waals surface area contributed by atoms with E-state index in [-0.39, 0.29) is 5.92 Å². The number of alkyl halides is 3. The monoisotopic (exact) mass is 303 g/mol. The maximum Gasteiger partial charge on any atom is 0.492 e. The second-order valence-corrected chi connectivity index (χ2v) is 4.85. The summed E-state index contributed by atoms with van der Waals surface area (Å²) < 4.78 is 41.4. The molecule has 0 unspecified atom stereocenters. The van der Waals surface area contributed by atoms with Crippen LogP contribution in [0.5, 0.6) is 5.75 Å². The van der Waals surface area contributed by atoms with E-state index in [0.29, 0.717) is 25.9 Å². The molecule has 1 aromatic rings. The van der Waals surface area contributed by atoms with Gasteiger partial charge in [0.25, 0.3) is 0 Å². The maximum atomic E-state index is 12.1. The number of benzene rings is 1. The highest BCUT2D eigenvalue weighted by Gasteiger charge is 2.43. The zero-order valence-corrected chi connectivity index (χ0v) is 11.5. The van der Waals surface area contributed by atoms with Gasteiger partial charge in [-0.3, -0.25) is 0 Å². The first-order valence-corrected chi connectivity index (χ1v) is 6.58. The minimum atomic E-state index is -4.95. The Morgan fingerprint density at radius 2 is 1.76 bits per heavy atom. The highest BCUT2D eigenvalue weighted by molar-refractivity contribution is 5.75. The first kappa shape index (κ1) is 15.6. The van der Waals surface area contributed by atoms with Crippen LogP contribution in [0.15, 0.2) is 24.3 Å². The fourth-order valence-corrected chi connectivity index (χ4v) is 2.33. The molecule has 7 heteroatoms. The molecule has 1 aliphatic heterocycles. The van der Waals surface area contributed by atoms with Gasteiger partial charge in [-0.15, -0.1) is 5.06 Å². The van der Waals surface area contributed by atoms with Crippen LogP contribution < -0.4 is 4.74 Å². The Kier molecular flexibility index (Phi) is 4.72. The van der Waals surface area contributed by atoms with Crippen molar-refractivity contribution in [2.24, 2.45) is 0 Å². The molecule has 0 bridgehead atoms. The molecule has 116 valence electrons. The Labute approximate surface area is 120 Å². The van der Waals surface area contributed by atoms with Crippen molar-refractivity contribution in [3.8, 4) is 5.75 Å². The van der Waals surface area contributed by atoms with Crippen LogP contribution in [0.1, 0.15) is 24.3 Å². The molecule has 2 rings (SSSR count). The number of rotatable bonds is 3. The number of methoxy groups -OCH3 is 1. The third kappa shape index (κ3) is 4.10. The normalized spacial score (nSPS) is 17.5. The molecule has 0 aromatic heterocycles. The predicted octanol–water partition coefficient (Wildman–Crippen LogP) is 2.90. The van der Waals surface area contributed by atoms with E-state index < -0.39 is 12.1 Å². The smallest absolute Gasteiger partial charge is 0.492 e. The molecule has 0 N–H and O–H groups in total. The Hall–Kier alpha value is -1.76. The molecule has 21 heavy (non-hydrogen) atoms. The van der Waals surface area contributed by atoms with Crippen LogP contribution in [0.4, 0.5) is 13.2 Å². The van der Waals surface area contributed by atoms with E-state index in [2.05, 4.69) is 4.84 Å². The summed E-state index contributed by atoms with van der Waals surface area (Å²) >= 11 is 0. The lowest BCUT2D eigenvalue weighted by Gasteiger charge is -2.30. The average Bonchev–Trinajstić information content (AvgIpc) is 2.47. The third-order valence-electron chi connectivity index (χ3n) is 3.48. The van der Waals surface area contributed by atoms with E-state index in [1.807, 2.05) is 24.3 Å². The van der Waals surface area contributed by atoms with Gasteiger partial charge < -0.3 is 9.57 Å². The van der Waals surface area contributed by atoms with Gasteiger partial charge in [-0.05, 0) is 36.5 Å². The second-order valence-electron chi connectivity index (χ2n) is 4.85. The lowest BCUT2D eigenvalue weighted by molar-refractivity contribution is -0.241. The van der Waals surface area contributed by atoms with Gasteiger partial charge in [-0.25, -0.2) is 4.79 Å². The van der Waals surface area contributed by atoms with E-state index in [4.69, 9.17) is 4.74 Å². The van der Waals surface area contributed by atoms with Crippen LogP contribution in [-0.4, -0.2) is 37.4 Å². The van der Waals surface area contributed by atoms with Crippen LogP contribution in [0.2, 0.25) is 0 Å². The zero-order valence-electron chi connectivity index (χ0n) is 11.5. The Balaban J connectivity index is 1.86. The standard InChI is InChI=1S/C14H16F3NO3/c1-20-12-4-2-10(3-5-12)11-6-8-18(9-7-11)21-13(19)14(15,16)17/h2-5,11H,6-9H2,1H3. The number of carbonyl (C=O) groups is 1. The van der Waals surface area contributed by atoms with Crippen molar-refractivity contribution < 1.29 is 27.5 Å². The van der Waals surface area contributed by atoms with Crippen molar-refractivity contribution in [2.75, 3.05) is 20.2 Å². The predicted molar refractivity (Wildman–Crippen MR) is 68.7 cm³/mol. The van der Waals surface area contributed by atoms with Gasteiger partial charge in [0.1, 0.15) is 5.75 Å². The highest BCUT2D eigenvalue weighted by atomic mass is 19.4. The van der Waals surface area contributed by atoms with E-state index >= 15 is 0 Å². The van der Waals surface area contributed by atoms with Gasteiger partial charge in [0.2, 0.25) is 0 Å². The van der Waals surface area contributed by atoms with Gasteiger partial charge in [0.15, 0.2) is 0 Å². The van der Waals surface area contributed by atoms with Gasteiger partial charge in [-0.1, -0.05) is 12.1 Å². The van der Waals surface area contributed by atoms with E-state index in [1.165, 1.54) is 0 Å². The van der Waals surface area contributed by atoms with E-state index in [1.54, 1.807) is 7.11 Å². The summed E-state index contributed by atoms with van der Waals surface area (Å²) in [4.78, 5) is 15.1. The summed E-state index contributed by atoms with van der Waals surface area (Å²) in [5.41, 5.74) is 1.11. The van der Waals surface area contributed by atoms with Crippen molar-refractivity contribution in [1.29, 1.82) is 0 Å². The number of nitrogens with zero attached hydrogens (tertiary/aromatic N) is 1. The number of halogens is 3. The summed E-state index contributed by atoms with van der Waals surface area (Å²) in [6.07, 6.45) is -3.68. The first-order chi connectivity index (χ1) is 9.90. The van der Waals surface area contributed by atoms with Crippen molar-refractivity contribution in [1.82, 2.24) is 5.06 Å². The average molecular weight is 303 g/mol. The van der Waals surface area contributed by atoms with Crippen LogP contribution in [0, 0.1) is 0 Å². The van der Waals surface area contributed by atoms with Gasteiger partial charge in [0.05, 0.1) is 7.11 Å². The lowest BCUT2D eigenvalue weighted by atomic mass is 9.90. The Morgan fingerprint density at radius 3 is 2.24 bits per heavy atom. The molecule has 0 saturated carbocycles. The van der Waals surface area contributed by atoms with Crippen molar-refractivity contribution >= 4 is 5.97 Å². The molecule has 0 amide bonds. The second kappa shape index (κ2) is 6.34. The minimum absolute atomic E-state index is 0.247. The summed E-state index contributed by atoms with van der Waals surface area (Å²) in [5.74, 6) is -1.16. The minimum Gasteiger partial charge on any atom is -0.497 e. The molecule has 0 atom stereocenters. The van der Waals surface area contributed by atoms with Crippen molar-refractivity contribution in [2.45, 2.75) is 24.9 Å². The summed E-state index contributed by atoms with van der Waals surface area (Å²) in [7, 11) is 1.59. The van der Waals surface area contributed by atoms with Crippen LogP contribution in [0.25, 0.3) is 0 Å². The molecule has 1 aliphatic rings. The number of carbonyl (C=O) groups excluding carboxylic acids is 1. The van der Waals surface area contributed by atoms with Gasteiger partial charge >= 0.3 is 12.1 Å². The first-order valence-electron chi connectivity index (χ1n) is 6.58. The summed E-state index contributed by atoms with van der Waals surface area (Å²) in [5, 5.41) is 1.08. The Morgan fingerprint density at radius 1 is 1.19 bits per heavy atom. The van der Waals surface area contributed by atoms with Crippen molar-refractivity contribution in [3.05, 3.63) is 29.8 Å². The SMILES string of the molecule is COc1ccc(C2CCN(OC(=O)C(F)(F)F)CC2)cc1.